The van der Waals surface area contributed by atoms with Gasteiger partial charge in [-0.25, -0.2) is 9.78 Å². The van der Waals surface area contributed by atoms with E-state index in [0.29, 0.717) is 28.9 Å². The Hall–Kier alpha value is -3.86. The average Bonchev–Trinajstić information content (AvgIpc) is 3.39. The molecule has 0 aliphatic carbocycles. The van der Waals surface area contributed by atoms with Crippen molar-refractivity contribution < 1.29 is 24.2 Å². The SMILES string of the molecule is CCCCCn1c(N2CCN(C(=O)OC(C)(C)C)C[C@@H]2C(=O)CCCC(=O)O)cc(=O)n2cc(-c3ccc(Cl)cc3)nc12. The number of anilines is 1. The lowest BCUT2D eigenvalue weighted by atomic mass is 10.0. The van der Waals surface area contributed by atoms with Gasteiger partial charge in [-0.15, -0.1) is 0 Å². The van der Waals surface area contributed by atoms with E-state index in [4.69, 9.17) is 26.4 Å². The molecule has 3 heterocycles. The molecule has 1 saturated heterocycles. The first-order valence-electron chi connectivity index (χ1n) is 14.8. The number of fused-ring (bicyclic) bond motifs is 1. The number of Topliss-reactive ketones (excluding diaryl/α,β-unsaturated/α-hetero) is 1. The van der Waals surface area contributed by atoms with Crippen LogP contribution in [0.2, 0.25) is 5.02 Å². The van der Waals surface area contributed by atoms with E-state index >= 15 is 0 Å². The zero-order valence-electron chi connectivity index (χ0n) is 25.2. The van der Waals surface area contributed by atoms with Crippen molar-refractivity contribution in [2.75, 3.05) is 24.5 Å². The van der Waals surface area contributed by atoms with E-state index in [0.717, 1.165) is 24.8 Å². The maximum absolute atomic E-state index is 13.6. The van der Waals surface area contributed by atoms with Crippen molar-refractivity contribution in [1.82, 2.24) is 18.9 Å². The topological polar surface area (TPSA) is 126 Å². The minimum Gasteiger partial charge on any atom is -0.481 e. The molecule has 0 spiro atoms. The first-order chi connectivity index (χ1) is 20.4. The molecule has 1 aromatic carbocycles. The number of carbonyl (C=O) groups is 3. The smallest absolute Gasteiger partial charge is 0.410 e. The van der Waals surface area contributed by atoms with Crippen molar-refractivity contribution in [3.8, 4) is 11.3 Å². The number of halogens is 1. The summed E-state index contributed by atoms with van der Waals surface area (Å²) >= 11 is 6.08. The molecule has 3 aromatic rings. The molecule has 1 atom stereocenters. The highest BCUT2D eigenvalue weighted by Gasteiger charge is 2.37. The number of imidazole rings is 1. The number of unbranched alkanes of at least 4 members (excludes halogenated alkanes) is 2. The number of hydrogen-bond acceptors (Lipinski definition) is 7. The fourth-order valence-electron chi connectivity index (χ4n) is 5.22. The quantitative estimate of drug-likeness (QED) is 0.290. The van der Waals surface area contributed by atoms with Gasteiger partial charge in [0, 0.05) is 55.3 Å². The summed E-state index contributed by atoms with van der Waals surface area (Å²) in [5.74, 6) is -0.181. The molecule has 1 amide bonds. The number of amides is 1. The van der Waals surface area contributed by atoms with Crippen molar-refractivity contribution in [3.63, 3.8) is 0 Å². The van der Waals surface area contributed by atoms with Gasteiger partial charge in [0.1, 0.15) is 17.5 Å². The van der Waals surface area contributed by atoms with Crippen LogP contribution in [0.25, 0.3) is 17.0 Å². The van der Waals surface area contributed by atoms with Crippen molar-refractivity contribution >= 4 is 41.0 Å². The van der Waals surface area contributed by atoms with Gasteiger partial charge in [0.25, 0.3) is 5.56 Å². The summed E-state index contributed by atoms with van der Waals surface area (Å²) in [6.07, 6.45) is 4.05. The third-order valence-electron chi connectivity index (χ3n) is 7.33. The van der Waals surface area contributed by atoms with E-state index in [1.54, 1.807) is 39.1 Å². The van der Waals surface area contributed by atoms with Gasteiger partial charge in [-0.3, -0.25) is 23.4 Å². The highest BCUT2D eigenvalue weighted by atomic mass is 35.5. The summed E-state index contributed by atoms with van der Waals surface area (Å²) in [5, 5.41) is 9.71. The lowest BCUT2D eigenvalue weighted by Gasteiger charge is -2.42. The predicted octanol–water partition coefficient (Wildman–Crippen LogP) is 5.26. The van der Waals surface area contributed by atoms with Crippen LogP contribution < -0.4 is 10.5 Å². The second-order valence-electron chi connectivity index (χ2n) is 11.9. The number of carbonyl (C=O) groups excluding carboxylic acids is 2. The van der Waals surface area contributed by atoms with E-state index in [-0.39, 0.29) is 50.2 Å². The lowest BCUT2D eigenvalue weighted by Crippen LogP contribution is -2.59. The minimum absolute atomic E-state index is 0.0298. The first-order valence-corrected chi connectivity index (χ1v) is 15.1. The summed E-state index contributed by atoms with van der Waals surface area (Å²) in [7, 11) is 0. The third kappa shape index (κ3) is 7.95. The molecular formula is C31H40ClN5O6. The molecule has 11 nitrogen and oxygen atoms in total. The largest absolute Gasteiger partial charge is 0.481 e. The summed E-state index contributed by atoms with van der Waals surface area (Å²) in [5.41, 5.74) is 0.427. The second-order valence-corrected chi connectivity index (χ2v) is 12.3. The summed E-state index contributed by atoms with van der Waals surface area (Å²) < 4.78 is 9.06. The van der Waals surface area contributed by atoms with Gasteiger partial charge < -0.3 is 19.6 Å². The van der Waals surface area contributed by atoms with Crippen LogP contribution in [0.5, 0.6) is 0 Å². The van der Waals surface area contributed by atoms with Crippen LogP contribution in [-0.2, 0) is 20.9 Å². The number of piperazine rings is 1. The zero-order chi connectivity index (χ0) is 31.3. The Morgan fingerprint density at radius 2 is 1.79 bits per heavy atom. The fourth-order valence-corrected chi connectivity index (χ4v) is 5.35. The molecule has 2 aromatic heterocycles. The molecule has 4 rings (SSSR count). The molecule has 1 fully saturated rings. The highest BCUT2D eigenvalue weighted by molar-refractivity contribution is 6.30. The second kappa shape index (κ2) is 13.6. The van der Waals surface area contributed by atoms with Gasteiger partial charge in [0.05, 0.1) is 12.2 Å². The van der Waals surface area contributed by atoms with E-state index in [9.17, 15) is 19.2 Å². The van der Waals surface area contributed by atoms with Crippen molar-refractivity contribution in [2.24, 2.45) is 0 Å². The Labute approximate surface area is 256 Å². The number of aromatic nitrogens is 3. The van der Waals surface area contributed by atoms with Crippen molar-refractivity contribution in [3.05, 3.63) is 51.9 Å². The minimum atomic E-state index is -0.977. The number of ether oxygens (including phenoxy) is 1. The van der Waals surface area contributed by atoms with E-state index in [1.807, 2.05) is 21.6 Å². The Balaban J connectivity index is 1.77. The zero-order valence-corrected chi connectivity index (χ0v) is 26.0. The summed E-state index contributed by atoms with van der Waals surface area (Å²) in [6.45, 7) is 8.64. The van der Waals surface area contributed by atoms with Crippen LogP contribution >= 0.6 is 11.6 Å². The lowest BCUT2D eigenvalue weighted by molar-refractivity contribution is -0.137. The van der Waals surface area contributed by atoms with Gasteiger partial charge >= 0.3 is 12.1 Å². The standard InChI is InChI=1S/C31H40ClN5O6/c1-5-6-7-15-36-26(18-27(39)37-19-23(33-29(36)37)21-11-13-22(32)14-12-21)35-17-16-34(30(42)43-31(2,3)4)20-24(35)25(38)9-8-10-28(40)41/h11-14,18-19,24H,5-10,15-17,20H2,1-4H3,(H,40,41)/t24-/m1/s1. The molecule has 1 N–H and O–H groups in total. The number of nitrogens with zero attached hydrogens (tertiary/aromatic N) is 5. The Bertz CT molecular complexity index is 1520. The summed E-state index contributed by atoms with van der Waals surface area (Å²) in [4.78, 5) is 59.5. The molecular weight excluding hydrogens is 574 g/mol. The van der Waals surface area contributed by atoms with Gasteiger partial charge in [0.2, 0.25) is 5.78 Å². The number of ketones is 1. The monoisotopic (exact) mass is 613 g/mol. The van der Waals surface area contributed by atoms with Crippen LogP contribution in [0.15, 0.2) is 41.3 Å². The van der Waals surface area contributed by atoms with Gasteiger partial charge in [-0.05, 0) is 45.7 Å². The predicted molar refractivity (Wildman–Crippen MR) is 165 cm³/mol. The van der Waals surface area contributed by atoms with Crippen molar-refractivity contribution in [1.29, 1.82) is 0 Å². The number of carboxylic acid groups (broad SMARTS) is 1. The van der Waals surface area contributed by atoms with Crippen LogP contribution in [-0.4, -0.2) is 73.1 Å². The third-order valence-corrected chi connectivity index (χ3v) is 7.58. The number of hydrogen-bond donors (Lipinski definition) is 1. The van der Waals surface area contributed by atoms with E-state index in [2.05, 4.69) is 6.92 Å². The van der Waals surface area contributed by atoms with E-state index < -0.39 is 23.7 Å². The van der Waals surface area contributed by atoms with Gasteiger partial charge in [0.15, 0.2) is 5.78 Å². The molecule has 0 radical (unpaired) electrons. The molecule has 43 heavy (non-hydrogen) atoms. The molecule has 0 bridgehead atoms. The first kappa shape index (κ1) is 32.1. The number of aliphatic carboxylic acids is 1. The highest BCUT2D eigenvalue weighted by Crippen LogP contribution is 2.27. The summed E-state index contributed by atoms with van der Waals surface area (Å²) in [6, 6.07) is 7.96. The fraction of sp³-hybridized carbons (Fsp3) is 0.516. The maximum Gasteiger partial charge on any atom is 0.410 e. The Morgan fingerprint density at radius 3 is 2.44 bits per heavy atom. The van der Waals surface area contributed by atoms with Crippen LogP contribution in [0.1, 0.15) is 66.2 Å². The number of rotatable bonds is 11. The van der Waals surface area contributed by atoms with Gasteiger partial charge in [-0.1, -0.05) is 43.5 Å². The molecule has 1 aliphatic heterocycles. The number of carboxylic acids is 1. The Kier molecular flexibility index (Phi) is 10.2. The maximum atomic E-state index is 13.6. The van der Waals surface area contributed by atoms with Crippen LogP contribution in [0, 0.1) is 0 Å². The average molecular weight is 614 g/mol. The molecule has 0 saturated carbocycles. The molecule has 232 valence electrons. The van der Waals surface area contributed by atoms with Crippen molar-refractivity contribution in [2.45, 2.75) is 84.4 Å². The van der Waals surface area contributed by atoms with Gasteiger partial charge in [-0.2, -0.15) is 0 Å². The Morgan fingerprint density at radius 1 is 1.07 bits per heavy atom. The van der Waals surface area contributed by atoms with Crippen LogP contribution in [0.4, 0.5) is 10.6 Å². The number of aryl methyl sites for hydroxylation is 1. The molecule has 12 heteroatoms. The van der Waals surface area contributed by atoms with E-state index in [1.165, 1.54) is 15.4 Å². The normalized spacial score (nSPS) is 15.6. The van der Waals surface area contributed by atoms with Crippen LogP contribution in [0.3, 0.4) is 0 Å². The molecule has 0 unspecified atom stereocenters. The molecule has 1 aliphatic rings. The number of benzene rings is 1.